The lowest BCUT2D eigenvalue weighted by atomic mass is 9.98. The summed E-state index contributed by atoms with van der Waals surface area (Å²) in [5, 5.41) is 0. The molecule has 2 heteroatoms. The van der Waals surface area contributed by atoms with E-state index in [4.69, 9.17) is 0 Å². The Morgan fingerprint density at radius 1 is 1.29 bits per heavy atom. The molecule has 2 aromatic rings. The molecule has 1 aliphatic heterocycles. The number of hydrogen-bond donors (Lipinski definition) is 0. The molecule has 17 heavy (non-hydrogen) atoms. The molecule has 0 N–H and O–H groups in total. The molecule has 0 aliphatic carbocycles. The van der Waals surface area contributed by atoms with Crippen molar-refractivity contribution >= 4 is 0 Å². The van der Waals surface area contributed by atoms with Gasteiger partial charge < -0.3 is 4.57 Å². The average Bonchev–Trinajstić information content (AvgIpc) is 2.75. The third-order valence-electron chi connectivity index (χ3n) is 3.80. The molecule has 88 valence electrons. The molecule has 0 saturated heterocycles. The van der Waals surface area contributed by atoms with Crippen LogP contribution in [0.15, 0.2) is 30.5 Å². The topological polar surface area (TPSA) is 17.8 Å². The zero-order valence-electron chi connectivity index (χ0n) is 10.5. The summed E-state index contributed by atoms with van der Waals surface area (Å²) in [4.78, 5) is 4.64. The number of rotatable bonds is 1. The van der Waals surface area contributed by atoms with Crippen molar-refractivity contribution in [2.75, 3.05) is 0 Å². The second-order valence-corrected chi connectivity index (χ2v) is 5.02. The van der Waals surface area contributed by atoms with Crippen LogP contribution >= 0.6 is 0 Å². The summed E-state index contributed by atoms with van der Waals surface area (Å²) in [5.74, 6) is 1.79. The Bertz CT molecular complexity index is 540. The molecule has 0 fully saturated rings. The SMILES string of the molecule is Cc1ccccc1-c1ncc2n1CCCC2C. The van der Waals surface area contributed by atoms with Crippen LogP contribution in [0.3, 0.4) is 0 Å². The van der Waals surface area contributed by atoms with Gasteiger partial charge in [-0.25, -0.2) is 4.98 Å². The minimum atomic E-state index is 0.647. The molecule has 1 unspecified atom stereocenters. The van der Waals surface area contributed by atoms with Crippen molar-refractivity contribution in [2.45, 2.75) is 39.2 Å². The zero-order chi connectivity index (χ0) is 11.8. The number of fused-ring (bicyclic) bond motifs is 1. The van der Waals surface area contributed by atoms with Gasteiger partial charge in [-0.2, -0.15) is 0 Å². The Morgan fingerprint density at radius 2 is 2.12 bits per heavy atom. The molecule has 0 amide bonds. The van der Waals surface area contributed by atoms with Crippen LogP contribution < -0.4 is 0 Å². The Kier molecular flexibility index (Phi) is 2.50. The zero-order valence-corrected chi connectivity index (χ0v) is 10.5. The van der Waals surface area contributed by atoms with Gasteiger partial charge in [0.05, 0.1) is 0 Å². The number of nitrogens with zero attached hydrogens (tertiary/aromatic N) is 2. The van der Waals surface area contributed by atoms with Crippen LogP contribution in [0.1, 0.15) is 36.9 Å². The van der Waals surface area contributed by atoms with Gasteiger partial charge in [-0.15, -0.1) is 0 Å². The van der Waals surface area contributed by atoms with E-state index in [9.17, 15) is 0 Å². The number of benzene rings is 1. The van der Waals surface area contributed by atoms with Crippen molar-refractivity contribution in [3.63, 3.8) is 0 Å². The summed E-state index contributed by atoms with van der Waals surface area (Å²) in [5.41, 5.74) is 3.97. The maximum absolute atomic E-state index is 4.64. The van der Waals surface area contributed by atoms with Gasteiger partial charge in [-0.05, 0) is 31.2 Å². The van der Waals surface area contributed by atoms with E-state index < -0.39 is 0 Å². The van der Waals surface area contributed by atoms with Crippen molar-refractivity contribution in [1.29, 1.82) is 0 Å². The van der Waals surface area contributed by atoms with Gasteiger partial charge in [-0.1, -0.05) is 31.2 Å². The van der Waals surface area contributed by atoms with Crippen LogP contribution in [0, 0.1) is 6.92 Å². The van der Waals surface area contributed by atoms with Crippen LogP contribution in [0.4, 0.5) is 0 Å². The first kappa shape index (κ1) is 10.6. The van der Waals surface area contributed by atoms with Gasteiger partial charge in [0, 0.05) is 24.0 Å². The molecule has 3 rings (SSSR count). The molecular formula is C15H18N2. The highest BCUT2D eigenvalue weighted by atomic mass is 15.1. The fraction of sp³-hybridized carbons (Fsp3) is 0.400. The number of imidazole rings is 1. The van der Waals surface area contributed by atoms with Gasteiger partial charge in [0.1, 0.15) is 5.82 Å². The van der Waals surface area contributed by atoms with E-state index in [2.05, 4.69) is 53.9 Å². The average molecular weight is 226 g/mol. The van der Waals surface area contributed by atoms with Gasteiger partial charge >= 0.3 is 0 Å². The highest BCUT2D eigenvalue weighted by Gasteiger charge is 2.20. The normalized spacial score (nSPS) is 19.1. The van der Waals surface area contributed by atoms with Crippen molar-refractivity contribution in [2.24, 2.45) is 0 Å². The maximum atomic E-state index is 4.64. The Labute approximate surface area is 102 Å². The first-order chi connectivity index (χ1) is 8.27. The summed E-state index contributed by atoms with van der Waals surface area (Å²) >= 11 is 0. The minimum absolute atomic E-state index is 0.647. The van der Waals surface area contributed by atoms with Crippen LogP contribution in [0.5, 0.6) is 0 Å². The molecule has 2 nitrogen and oxygen atoms in total. The standard InChI is InChI=1S/C15H18N2/c1-11-6-3-4-8-13(11)15-16-10-14-12(2)7-5-9-17(14)15/h3-4,6,8,10,12H,5,7,9H2,1-2H3. The first-order valence-corrected chi connectivity index (χ1v) is 6.39. The van der Waals surface area contributed by atoms with E-state index in [1.54, 1.807) is 0 Å². The molecular weight excluding hydrogens is 208 g/mol. The van der Waals surface area contributed by atoms with Gasteiger partial charge in [0.2, 0.25) is 0 Å². The smallest absolute Gasteiger partial charge is 0.140 e. The van der Waals surface area contributed by atoms with E-state index in [1.807, 2.05) is 0 Å². The molecule has 1 atom stereocenters. The largest absolute Gasteiger partial charge is 0.328 e. The predicted octanol–water partition coefficient (Wildman–Crippen LogP) is 3.76. The third-order valence-corrected chi connectivity index (χ3v) is 3.80. The fourth-order valence-electron chi connectivity index (χ4n) is 2.76. The second kappa shape index (κ2) is 4.02. The molecule has 0 spiro atoms. The summed E-state index contributed by atoms with van der Waals surface area (Å²) < 4.78 is 2.40. The molecule has 1 aromatic carbocycles. The van der Waals surface area contributed by atoms with Crippen molar-refractivity contribution < 1.29 is 0 Å². The molecule has 1 aromatic heterocycles. The van der Waals surface area contributed by atoms with Gasteiger partial charge in [0.25, 0.3) is 0 Å². The molecule has 0 bridgehead atoms. The summed E-state index contributed by atoms with van der Waals surface area (Å²) in [6.07, 6.45) is 4.62. The summed E-state index contributed by atoms with van der Waals surface area (Å²) in [6.45, 7) is 5.57. The molecule has 1 aliphatic rings. The lowest BCUT2D eigenvalue weighted by Crippen LogP contribution is -2.14. The fourth-order valence-corrected chi connectivity index (χ4v) is 2.76. The molecule has 0 saturated carbocycles. The van der Waals surface area contributed by atoms with E-state index >= 15 is 0 Å². The van der Waals surface area contributed by atoms with Crippen LogP contribution in [0.25, 0.3) is 11.4 Å². The lowest BCUT2D eigenvalue weighted by Gasteiger charge is -2.22. The quantitative estimate of drug-likeness (QED) is 0.724. The van der Waals surface area contributed by atoms with E-state index in [-0.39, 0.29) is 0 Å². The summed E-state index contributed by atoms with van der Waals surface area (Å²) in [6, 6.07) is 8.51. The van der Waals surface area contributed by atoms with Crippen LogP contribution in [-0.2, 0) is 6.54 Å². The monoisotopic (exact) mass is 226 g/mol. The highest BCUT2D eigenvalue weighted by molar-refractivity contribution is 5.61. The Balaban J connectivity index is 2.14. The number of hydrogen-bond acceptors (Lipinski definition) is 1. The van der Waals surface area contributed by atoms with Crippen molar-refractivity contribution in [1.82, 2.24) is 9.55 Å². The minimum Gasteiger partial charge on any atom is -0.328 e. The first-order valence-electron chi connectivity index (χ1n) is 6.39. The predicted molar refractivity (Wildman–Crippen MR) is 70.0 cm³/mol. The molecule has 0 radical (unpaired) electrons. The van der Waals surface area contributed by atoms with E-state index in [0.717, 1.165) is 12.4 Å². The highest BCUT2D eigenvalue weighted by Crippen LogP contribution is 2.32. The van der Waals surface area contributed by atoms with Gasteiger partial charge in [0.15, 0.2) is 0 Å². The maximum Gasteiger partial charge on any atom is 0.140 e. The Morgan fingerprint density at radius 3 is 2.94 bits per heavy atom. The van der Waals surface area contributed by atoms with Crippen molar-refractivity contribution in [3.8, 4) is 11.4 Å². The number of aromatic nitrogens is 2. The van der Waals surface area contributed by atoms with E-state index in [0.29, 0.717) is 5.92 Å². The lowest BCUT2D eigenvalue weighted by molar-refractivity contribution is 0.478. The van der Waals surface area contributed by atoms with Crippen molar-refractivity contribution in [3.05, 3.63) is 41.7 Å². The summed E-state index contributed by atoms with van der Waals surface area (Å²) in [7, 11) is 0. The third kappa shape index (κ3) is 1.68. The van der Waals surface area contributed by atoms with Gasteiger partial charge in [-0.3, -0.25) is 0 Å². The van der Waals surface area contributed by atoms with Crippen LogP contribution in [-0.4, -0.2) is 9.55 Å². The number of aryl methyl sites for hydroxylation is 1. The van der Waals surface area contributed by atoms with E-state index in [1.165, 1.54) is 29.7 Å². The molecule has 2 heterocycles. The Hall–Kier alpha value is -1.57. The van der Waals surface area contributed by atoms with Crippen LogP contribution in [0.2, 0.25) is 0 Å². The second-order valence-electron chi connectivity index (χ2n) is 5.02.